The van der Waals surface area contributed by atoms with Crippen LogP contribution in [0.5, 0.6) is 0 Å². The third-order valence-electron chi connectivity index (χ3n) is 4.31. The number of rotatable bonds is 8. The van der Waals surface area contributed by atoms with E-state index in [1.807, 2.05) is 30.3 Å². The summed E-state index contributed by atoms with van der Waals surface area (Å²) in [5.41, 5.74) is 1.07. The first-order valence-electron chi connectivity index (χ1n) is 9.56. The number of benzene rings is 2. The summed E-state index contributed by atoms with van der Waals surface area (Å²) >= 11 is 14.7. The van der Waals surface area contributed by atoms with E-state index in [0.29, 0.717) is 26.2 Å². The summed E-state index contributed by atoms with van der Waals surface area (Å²) in [5, 5.41) is 17.5. The first-order valence-corrected chi connectivity index (χ1v) is 12.2. The molecule has 0 aliphatic heterocycles. The zero-order chi connectivity index (χ0) is 23.2. The highest BCUT2D eigenvalue weighted by molar-refractivity contribution is 7.99. The third kappa shape index (κ3) is 5.91. The molecule has 0 unspecified atom stereocenters. The van der Waals surface area contributed by atoms with E-state index in [-0.39, 0.29) is 29.7 Å². The van der Waals surface area contributed by atoms with Crippen molar-refractivity contribution in [1.82, 2.24) is 25.1 Å². The summed E-state index contributed by atoms with van der Waals surface area (Å²) in [6.45, 7) is 0.0927. The third-order valence-corrected chi connectivity index (χ3v) is 6.49. The van der Waals surface area contributed by atoms with Crippen LogP contribution in [0.3, 0.4) is 0 Å². The molecular weight excluding hydrogens is 503 g/mol. The van der Waals surface area contributed by atoms with E-state index in [1.54, 1.807) is 28.3 Å². The van der Waals surface area contributed by atoms with Crippen molar-refractivity contribution in [2.24, 2.45) is 0 Å². The Hall–Kier alpha value is -2.92. The van der Waals surface area contributed by atoms with Crippen LogP contribution in [0, 0.1) is 0 Å². The number of amides is 2. The molecule has 2 aromatic heterocycles. The van der Waals surface area contributed by atoms with Gasteiger partial charge in [-0.3, -0.25) is 14.2 Å². The van der Waals surface area contributed by atoms with Gasteiger partial charge < -0.3 is 10.6 Å². The van der Waals surface area contributed by atoms with Crippen LogP contribution >= 0.6 is 46.3 Å². The molecule has 0 atom stereocenters. The predicted molar refractivity (Wildman–Crippen MR) is 130 cm³/mol. The molecular formula is C21H16Cl2N6O2S2. The van der Waals surface area contributed by atoms with Crippen molar-refractivity contribution in [2.75, 3.05) is 11.1 Å². The molecule has 0 bridgehead atoms. The number of carbonyl (C=O) groups is 2. The molecule has 12 heteroatoms. The number of hydrogen-bond acceptors (Lipinski definition) is 7. The minimum atomic E-state index is -0.387. The molecule has 0 saturated carbocycles. The molecule has 2 N–H and O–H groups in total. The second-order valence-electron chi connectivity index (χ2n) is 6.55. The van der Waals surface area contributed by atoms with Crippen LogP contribution in [0.4, 0.5) is 5.13 Å². The van der Waals surface area contributed by atoms with Crippen LogP contribution in [-0.4, -0.2) is 37.3 Å². The van der Waals surface area contributed by atoms with Crippen molar-refractivity contribution < 1.29 is 9.59 Å². The summed E-state index contributed by atoms with van der Waals surface area (Å²) in [6, 6.07) is 14.1. The van der Waals surface area contributed by atoms with Gasteiger partial charge in [0.1, 0.15) is 0 Å². The Labute approximate surface area is 207 Å². The van der Waals surface area contributed by atoms with Crippen molar-refractivity contribution in [2.45, 2.75) is 11.7 Å². The monoisotopic (exact) mass is 518 g/mol. The van der Waals surface area contributed by atoms with Gasteiger partial charge in [0.2, 0.25) is 5.91 Å². The van der Waals surface area contributed by atoms with Crippen LogP contribution < -0.4 is 10.6 Å². The molecule has 0 spiro atoms. The van der Waals surface area contributed by atoms with Gasteiger partial charge in [-0.25, -0.2) is 4.98 Å². The number of carbonyl (C=O) groups excluding carboxylic acids is 2. The first-order chi connectivity index (χ1) is 16.0. The van der Waals surface area contributed by atoms with E-state index < -0.39 is 0 Å². The Morgan fingerprint density at radius 3 is 2.67 bits per heavy atom. The fraction of sp³-hybridized carbons (Fsp3) is 0.0952. The van der Waals surface area contributed by atoms with E-state index in [1.165, 1.54) is 29.2 Å². The Bertz CT molecular complexity index is 1270. The lowest BCUT2D eigenvalue weighted by Gasteiger charge is -2.11. The molecule has 168 valence electrons. The number of nitrogens with zero attached hydrogens (tertiary/aromatic N) is 4. The predicted octanol–water partition coefficient (Wildman–Crippen LogP) is 4.69. The number of thioether (sulfide) groups is 1. The summed E-state index contributed by atoms with van der Waals surface area (Å²) in [4.78, 5) is 28.9. The molecule has 4 aromatic rings. The zero-order valence-corrected chi connectivity index (χ0v) is 20.0. The lowest BCUT2D eigenvalue weighted by Crippen LogP contribution is -2.25. The molecule has 8 nitrogen and oxygen atoms in total. The number of anilines is 1. The number of para-hydroxylation sites is 1. The minimum absolute atomic E-state index is 0.0927. The molecule has 4 rings (SSSR count). The van der Waals surface area contributed by atoms with Crippen molar-refractivity contribution >= 4 is 63.2 Å². The highest BCUT2D eigenvalue weighted by Crippen LogP contribution is 2.24. The van der Waals surface area contributed by atoms with Crippen molar-refractivity contribution in [1.29, 1.82) is 0 Å². The van der Waals surface area contributed by atoms with E-state index in [4.69, 9.17) is 23.2 Å². The second kappa shape index (κ2) is 10.8. The molecule has 0 radical (unpaired) electrons. The number of nitrogens with one attached hydrogen (secondary N) is 2. The average molecular weight is 519 g/mol. The van der Waals surface area contributed by atoms with Gasteiger partial charge in [0.25, 0.3) is 5.91 Å². The van der Waals surface area contributed by atoms with Gasteiger partial charge in [-0.05, 0) is 30.3 Å². The van der Waals surface area contributed by atoms with Crippen molar-refractivity contribution in [3.63, 3.8) is 0 Å². The molecule has 0 aliphatic rings. The standard InChI is InChI=1S/C21H16Cl2N6O2S2/c22-13-6-7-16(23)15(10-13)19(31)25-11-17-27-28-21(29(17)14-4-2-1-3-5-14)33-12-18(30)26-20-24-8-9-32-20/h1-10H,11-12H2,(H,25,31)(H,24,26,30). The molecule has 2 amide bonds. The van der Waals surface area contributed by atoms with Gasteiger partial charge in [0.15, 0.2) is 16.1 Å². The van der Waals surface area contributed by atoms with E-state index in [9.17, 15) is 9.59 Å². The van der Waals surface area contributed by atoms with E-state index >= 15 is 0 Å². The summed E-state index contributed by atoms with van der Waals surface area (Å²) in [6.07, 6.45) is 1.62. The maximum Gasteiger partial charge on any atom is 0.253 e. The van der Waals surface area contributed by atoms with Gasteiger partial charge >= 0.3 is 0 Å². The minimum Gasteiger partial charge on any atom is -0.345 e. The lowest BCUT2D eigenvalue weighted by molar-refractivity contribution is -0.113. The van der Waals surface area contributed by atoms with Crippen LogP contribution in [0.2, 0.25) is 10.0 Å². The second-order valence-corrected chi connectivity index (χ2v) is 9.23. The fourth-order valence-electron chi connectivity index (χ4n) is 2.84. The maximum atomic E-state index is 12.6. The highest BCUT2D eigenvalue weighted by Gasteiger charge is 2.18. The summed E-state index contributed by atoms with van der Waals surface area (Å²) in [5.74, 6) is 0.0235. The normalized spacial score (nSPS) is 10.7. The SMILES string of the molecule is O=C(CSc1nnc(CNC(=O)c2cc(Cl)ccc2Cl)n1-c1ccccc1)Nc1nccs1. The molecule has 2 aromatic carbocycles. The van der Waals surface area contributed by atoms with Gasteiger partial charge in [-0.15, -0.1) is 21.5 Å². The largest absolute Gasteiger partial charge is 0.345 e. The number of halogens is 2. The Morgan fingerprint density at radius 2 is 1.91 bits per heavy atom. The molecule has 33 heavy (non-hydrogen) atoms. The average Bonchev–Trinajstić information content (AvgIpc) is 3.48. The molecule has 0 saturated heterocycles. The smallest absolute Gasteiger partial charge is 0.253 e. The topological polar surface area (TPSA) is 102 Å². The van der Waals surface area contributed by atoms with Gasteiger partial charge in [-0.2, -0.15) is 0 Å². The quantitative estimate of drug-likeness (QED) is 0.328. The Balaban J connectivity index is 1.50. The van der Waals surface area contributed by atoms with E-state index in [0.717, 1.165) is 5.69 Å². The molecule has 0 aliphatic carbocycles. The first kappa shape index (κ1) is 23.2. The summed E-state index contributed by atoms with van der Waals surface area (Å²) in [7, 11) is 0. The van der Waals surface area contributed by atoms with Crippen LogP contribution in [0.1, 0.15) is 16.2 Å². The lowest BCUT2D eigenvalue weighted by atomic mass is 10.2. The van der Waals surface area contributed by atoms with Crippen molar-refractivity contribution in [3.05, 3.63) is 81.5 Å². The molecule has 0 fully saturated rings. The number of aromatic nitrogens is 4. The van der Waals surface area contributed by atoms with Crippen LogP contribution in [0.15, 0.2) is 65.3 Å². The van der Waals surface area contributed by atoms with E-state index in [2.05, 4.69) is 25.8 Å². The summed E-state index contributed by atoms with van der Waals surface area (Å²) < 4.78 is 1.79. The zero-order valence-electron chi connectivity index (χ0n) is 16.9. The fourth-order valence-corrected chi connectivity index (χ4v) is 4.53. The number of thiazole rings is 1. The Kier molecular flexibility index (Phi) is 7.61. The molecule has 2 heterocycles. The highest BCUT2D eigenvalue weighted by atomic mass is 35.5. The van der Waals surface area contributed by atoms with Gasteiger partial charge in [0, 0.05) is 22.3 Å². The van der Waals surface area contributed by atoms with Crippen LogP contribution in [0.25, 0.3) is 5.69 Å². The van der Waals surface area contributed by atoms with Crippen molar-refractivity contribution in [3.8, 4) is 5.69 Å². The maximum absolute atomic E-state index is 12.6. The van der Waals surface area contributed by atoms with Gasteiger partial charge in [0.05, 0.1) is 22.9 Å². The Morgan fingerprint density at radius 1 is 1.09 bits per heavy atom. The number of hydrogen-bond donors (Lipinski definition) is 2. The van der Waals surface area contributed by atoms with Gasteiger partial charge in [-0.1, -0.05) is 53.2 Å². The van der Waals surface area contributed by atoms with Crippen LogP contribution in [-0.2, 0) is 11.3 Å².